The quantitative estimate of drug-likeness (QED) is 0.705. The van der Waals surface area contributed by atoms with Crippen LogP contribution in [0.25, 0.3) is 10.2 Å². The van der Waals surface area contributed by atoms with Crippen molar-refractivity contribution in [1.82, 2.24) is 4.98 Å². The zero-order valence-corrected chi connectivity index (χ0v) is 7.95. The van der Waals surface area contributed by atoms with Crippen molar-refractivity contribution in [3.8, 4) is 0 Å². The molecule has 2 aromatic rings. The molecule has 11 heavy (non-hydrogen) atoms. The van der Waals surface area contributed by atoms with Gasteiger partial charge in [0, 0.05) is 4.47 Å². The zero-order valence-electron chi connectivity index (χ0n) is 5.54. The Hall–Kier alpha value is -0.610. The Morgan fingerprint density at radius 3 is 3.00 bits per heavy atom. The summed E-state index contributed by atoms with van der Waals surface area (Å²) in [6.07, 6.45) is 0. The number of anilines is 1. The lowest BCUT2D eigenvalue weighted by Gasteiger charge is -1.95. The number of nitrogens with zero attached hydrogens (tertiary/aromatic N) is 1. The van der Waals surface area contributed by atoms with Crippen LogP contribution in [0.1, 0.15) is 0 Å². The van der Waals surface area contributed by atoms with Crippen LogP contribution in [0.3, 0.4) is 0 Å². The first-order valence-electron chi connectivity index (χ1n) is 3.06. The van der Waals surface area contributed by atoms with Gasteiger partial charge >= 0.3 is 0 Å². The van der Waals surface area contributed by atoms with Gasteiger partial charge in [0.2, 0.25) is 0 Å². The van der Waals surface area contributed by atoms with Crippen LogP contribution >= 0.6 is 27.3 Å². The summed E-state index contributed by atoms with van der Waals surface area (Å²) >= 11 is 5.02. The molecule has 0 fully saturated rings. The number of benzene rings is 1. The molecule has 0 bridgehead atoms. The number of halogens is 1. The van der Waals surface area contributed by atoms with E-state index in [1.807, 2.05) is 12.1 Å². The van der Waals surface area contributed by atoms with E-state index in [1.165, 1.54) is 0 Å². The summed E-state index contributed by atoms with van der Waals surface area (Å²) in [5.41, 5.74) is 9.12. The molecule has 1 aromatic heterocycles. The van der Waals surface area contributed by atoms with Crippen LogP contribution in [0.5, 0.6) is 0 Å². The topological polar surface area (TPSA) is 38.9 Å². The third-order valence-electron chi connectivity index (χ3n) is 1.47. The van der Waals surface area contributed by atoms with Gasteiger partial charge < -0.3 is 5.73 Å². The van der Waals surface area contributed by atoms with Crippen LogP contribution in [-0.4, -0.2) is 4.98 Å². The van der Waals surface area contributed by atoms with Crippen molar-refractivity contribution in [2.24, 2.45) is 0 Å². The Kier molecular flexibility index (Phi) is 1.58. The van der Waals surface area contributed by atoms with Crippen LogP contribution in [0.4, 0.5) is 5.69 Å². The second kappa shape index (κ2) is 2.46. The average Bonchev–Trinajstić information content (AvgIpc) is 2.45. The minimum absolute atomic E-state index is 0.740. The third kappa shape index (κ3) is 1.02. The minimum Gasteiger partial charge on any atom is -0.397 e. The molecule has 0 saturated carbocycles. The van der Waals surface area contributed by atoms with Crippen LogP contribution in [0, 0.1) is 0 Å². The number of nitrogens with two attached hydrogens (primary N) is 1. The second-order valence-electron chi connectivity index (χ2n) is 2.17. The van der Waals surface area contributed by atoms with Crippen molar-refractivity contribution >= 4 is 43.2 Å². The number of nitrogen functional groups attached to an aromatic ring is 1. The SMILES string of the molecule is Nc1ccc(Br)c2scnc12. The zero-order chi connectivity index (χ0) is 7.84. The number of aromatic nitrogens is 1. The third-order valence-corrected chi connectivity index (χ3v) is 3.25. The van der Waals surface area contributed by atoms with Gasteiger partial charge in [0.15, 0.2) is 0 Å². The van der Waals surface area contributed by atoms with E-state index in [0.29, 0.717) is 0 Å². The molecule has 2 rings (SSSR count). The fraction of sp³-hybridized carbons (Fsp3) is 0. The van der Waals surface area contributed by atoms with Crippen LogP contribution in [-0.2, 0) is 0 Å². The lowest BCUT2D eigenvalue weighted by molar-refractivity contribution is 1.50. The predicted molar refractivity (Wildman–Crippen MR) is 51.7 cm³/mol. The monoisotopic (exact) mass is 228 g/mol. The molecular weight excluding hydrogens is 224 g/mol. The molecule has 56 valence electrons. The van der Waals surface area contributed by atoms with Crippen LogP contribution in [0.2, 0.25) is 0 Å². The molecule has 1 aromatic carbocycles. The van der Waals surface area contributed by atoms with Gasteiger partial charge in [-0.1, -0.05) is 0 Å². The Balaban J connectivity index is 2.96. The van der Waals surface area contributed by atoms with Gasteiger partial charge in [0.1, 0.15) is 5.52 Å². The molecule has 0 aliphatic rings. The molecule has 0 aliphatic heterocycles. The Labute approximate surface area is 76.2 Å². The maximum atomic E-state index is 5.69. The van der Waals surface area contributed by atoms with E-state index in [2.05, 4.69) is 20.9 Å². The Bertz CT molecular complexity index is 360. The lowest BCUT2D eigenvalue weighted by Crippen LogP contribution is -1.85. The minimum atomic E-state index is 0.740. The molecule has 2 nitrogen and oxygen atoms in total. The van der Waals surface area contributed by atoms with E-state index < -0.39 is 0 Å². The van der Waals surface area contributed by atoms with E-state index in [0.717, 1.165) is 20.4 Å². The highest BCUT2D eigenvalue weighted by Crippen LogP contribution is 2.30. The highest BCUT2D eigenvalue weighted by atomic mass is 79.9. The first-order chi connectivity index (χ1) is 5.29. The molecule has 0 atom stereocenters. The van der Waals surface area contributed by atoms with E-state index >= 15 is 0 Å². The molecule has 0 aliphatic carbocycles. The van der Waals surface area contributed by atoms with Gasteiger partial charge in [-0.25, -0.2) is 4.98 Å². The highest BCUT2D eigenvalue weighted by Gasteiger charge is 2.03. The van der Waals surface area contributed by atoms with Crippen molar-refractivity contribution in [2.45, 2.75) is 0 Å². The highest BCUT2D eigenvalue weighted by molar-refractivity contribution is 9.10. The van der Waals surface area contributed by atoms with E-state index in [-0.39, 0.29) is 0 Å². The smallest absolute Gasteiger partial charge is 0.105 e. The van der Waals surface area contributed by atoms with Crippen LogP contribution in [0.15, 0.2) is 22.1 Å². The van der Waals surface area contributed by atoms with Gasteiger partial charge in [-0.3, -0.25) is 0 Å². The number of hydrogen-bond acceptors (Lipinski definition) is 3. The largest absolute Gasteiger partial charge is 0.397 e. The Morgan fingerprint density at radius 1 is 1.45 bits per heavy atom. The maximum Gasteiger partial charge on any atom is 0.105 e. The summed E-state index contributed by atoms with van der Waals surface area (Å²) in [6.45, 7) is 0. The van der Waals surface area contributed by atoms with Gasteiger partial charge in [-0.2, -0.15) is 0 Å². The normalized spacial score (nSPS) is 10.6. The summed E-state index contributed by atoms with van der Waals surface area (Å²) in [5.74, 6) is 0. The number of fused-ring (bicyclic) bond motifs is 1. The first kappa shape index (κ1) is 7.06. The second-order valence-corrected chi connectivity index (χ2v) is 3.88. The van der Waals surface area contributed by atoms with Crippen molar-refractivity contribution < 1.29 is 0 Å². The standard InChI is InChI=1S/C7H5BrN2S/c8-4-1-2-5(9)6-7(4)11-3-10-6/h1-3H,9H2. The molecule has 1 heterocycles. The summed E-state index contributed by atoms with van der Waals surface area (Å²) in [7, 11) is 0. The molecule has 0 saturated heterocycles. The van der Waals surface area contributed by atoms with Crippen LogP contribution < -0.4 is 5.73 Å². The predicted octanol–water partition coefficient (Wildman–Crippen LogP) is 2.64. The number of rotatable bonds is 0. The number of hydrogen-bond donors (Lipinski definition) is 1. The van der Waals surface area contributed by atoms with Crippen molar-refractivity contribution in [3.05, 3.63) is 22.1 Å². The Morgan fingerprint density at radius 2 is 2.27 bits per heavy atom. The molecule has 0 radical (unpaired) electrons. The molecule has 4 heteroatoms. The molecule has 0 spiro atoms. The van der Waals surface area contributed by atoms with E-state index in [9.17, 15) is 0 Å². The lowest BCUT2D eigenvalue weighted by atomic mass is 10.3. The summed E-state index contributed by atoms with van der Waals surface area (Å²) in [5, 5.41) is 0. The van der Waals surface area contributed by atoms with Gasteiger partial charge in [-0.15, -0.1) is 11.3 Å². The van der Waals surface area contributed by atoms with Gasteiger partial charge in [0.25, 0.3) is 0 Å². The molecule has 2 N–H and O–H groups in total. The molecule has 0 unspecified atom stereocenters. The maximum absolute atomic E-state index is 5.69. The summed E-state index contributed by atoms with van der Waals surface area (Å²) < 4.78 is 2.18. The van der Waals surface area contributed by atoms with Crippen molar-refractivity contribution in [2.75, 3.05) is 5.73 Å². The number of thiazole rings is 1. The molecule has 0 amide bonds. The van der Waals surface area contributed by atoms with Crippen molar-refractivity contribution in [1.29, 1.82) is 0 Å². The van der Waals surface area contributed by atoms with E-state index in [4.69, 9.17) is 5.73 Å². The van der Waals surface area contributed by atoms with Gasteiger partial charge in [0.05, 0.1) is 15.9 Å². The van der Waals surface area contributed by atoms with E-state index in [1.54, 1.807) is 16.8 Å². The summed E-state index contributed by atoms with van der Waals surface area (Å²) in [4.78, 5) is 4.14. The first-order valence-corrected chi connectivity index (χ1v) is 4.73. The van der Waals surface area contributed by atoms with Crippen molar-refractivity contribution in [3.63, 3.8) is 0 Å². The van der Waals surface area contributed by atoms with Gasteiger partial charge in [-0.05, 0) is 28.1 Å². The fourth-order valence-corrected chi connectivity index (χ4v) is 2.27. The average molecular weight is 229 g/mol. The molecular formula is C7H5BrN2S. The summed E-state index contributed by atoms with van der Waals surface area (Å²) in [6, 6.07) is 3.79. The fourth-order valence-electron chi connectivity index (χ4n) is 0.939.